The lowest BCUT2D eigenvalue weighted by Gasteiger charge is -2.35. The van der Waals surface area contributed by atoms with E-state index < -0.39 is 5.67 Å². The van der Waals surface area contributed by atoms with Crippen LogP contribution in [0.2, 0.25) is 0 Å². The van der Waals surface area contributed by atoms with Crippen molar-refractivity contribution in [2.24, 2.45) is 0 Å². The zero-order valence-corrected chi connectivity index (χ0v) is 18.2. The summed E-state index contributed by atoms with van der Waals surface area (Å²) < 4.78 is 14.7. The number of nitrogens with zero attached hydrogens (tertiary/aromatic N) is 3. The standard InChI is InChI=1S/C25H27FN4O2/c1-2-7-25(26)8-11-29(12-9-25)24(32)19-13-17-4-3-10-30(22(17)27-16-19)20-5-6-21-18(14-20)15-28-23(21)31/h2,5-7,13-14,16H,3-4,8-12,15H2,1H3,(H,28,31)/b7-2+. The summed E-state index contributed by atoms with van der Waals surface area (Å²) in [5.74, 6) is 0.752. The highest BCUT2D eigenvalue weighted by Crippen LogP contribution is 2.34. The van der Waals surface area contributed by atoms with Gasteiger partial charge in [0.1, 0.15) is 11.5 Å². The van der Waals surface area contributed by atoms with Crippen molar-refractivity contribution < 1.29 is 14.0 Å². The molecule has 0 radical (unpaired) electrons. The minimum absolute atomic E-state index is 0.0275. The van der Waals surface area contributed by atoms with Crippen LogP contribution in [-0.2, 0) is 13.0 Å². The van der Waals surface area contributed by atoms with Gasteiger partial charge in [-0.2, -0.15) is 0 Å². The molecule has 2 amide bonds. The van der Waals surface area contributed by atoms with Crippen molar-refractivity contribution in [3.63, 3.8) is 0 Å². The molecule has 3 aliphatic rings. The van der Waals surface area contributed by atoms with E-state index >= 15 is 0 Å². The van der Waals surface area contributed by atoms with Crippen molar-refractivity contribution in [2.45, 2.75) is 44.8 Å². The number of pyridine rings is 1. The molecule has 6 nitrogen and oxygen atoms in total. The number of amides is 2. The summed E-state index contributed by atoms with van der Waals surface area (Å²) in [4.78, 5) is 33.5. The lowest BCUT2D eigenvalue weighted by atomic mass is 9.92. The molecule has 0 saturated carbocycles. The van der Waals surface area contributed by atoms with Gasteiger partial charge in [0.15, 0.2) is 0 Å². The summed E-state index contributed by atoms with van der Waals surface area (Å²) in [5, 5.41) is 2.85. The average Bonchev–Trinajstić information content (AvgIpc) is 3.18. The Hall–Kier alpha value is -3.22. The molecule has 1 N–H and O–H groups in total. The number of carbonyl (C=O) groups excluding carboxylic acids is 2. The molecule has 0 aliphatic carbocycles. The van der Waals surface area contributed by atoms with Crippen LogP contribution in [0.25, 0.3) is 0 Å². The SMILES string of the molecule is C/C=C/C1(F)CCN(C(=O)c2cnc3c(c2)CCCN3c2ccc3c(c2)CNC3=O)CC1. The number of likely N-dealkylation sites (tertiary alicyclic amines) is 1. The van der Waals surface area contributed by atoms with Gasteiger partial charge in [-0.05, 0) is 55.2 Å². The first-order chi connectivity index (χ1) is 15.5. The van der Waals surface area contributed by atoms with Gasteiger partial charge in [0.05, 0.1) is 5.56 Å². The van der Waals surface area contributed by atoms with Crippen molar-refractivity contribution in [1.82, 2.24) is 15.2 Å². The smallest absolute Gasteiger partial charge is 0.255 e. The number of piperidine rings is 1. The molecule has 0 unspecified atom stereocenters. The van der Waals surface area contributed by atoms with E-state index in [9.17, 15) is 14.0 Å². The Kier molecular flexibility index (Phi) is 5.19. The fraction of sp³-hybridized carbons (Fsp3) is 0.400. The number of hydrogen-bond acceptors (Lipinski definition) is 4. The lowest BCUT2D eigenvalue weighted by Crippen LogP contribution is -2.43. The fourth-order valence-corrected chi connectivity index (χ4v) is 4.95. The lowest BCUT2D eigenvalue weighted by molar-refractivity contribution is 0.0574. The van der Waals surface area contributed by atoms with Crippen LogP contribution in [0.5, 0.6) is 0 Å². The Balaban J connectivity index is 1.36. The first kappa shape index (κ1) is 20.7. The second kappa shape index (κ2) is 8.04. The summed E-state index contributed by atoms with van der Waals surface area (Å²) >= 11 is 0. The van der Waals surface area contributed by atoms with Crippen LogP contribution in [0.1, 0.15) is 58.0 Å². The summed E-state index contributed by atoms with van der Waals surface area (Å²) in [6.07, 6.45) is 7.45. The zero-order valence-electron chi connectivity index (χ0n) is 18.2. The molecule has 1 aromatic heterocycles. The molecule has 32 heavy (non-hydrogen) atoms. The van der Waals surface area contributed by atoms with Gasteiger partial charge >= 0.3 is 0 Å². The number of nitrogens with one attached hydrogen (secondary N) is 1. The molecule has 3 aliphatic heterocycles. The van der Waals surface area contributed by atoms with Gasteiger partial charge in [-0.25, -0.2) is 9.37 Å². The zero-order chi connectivity index (χ0) is 22.3. The van der Waals surface area contributed by atoms with Gasteiger partial charge in [-0.1, -0.05) is 12.2 Å². The highest BCUT2D eigenvalue weighted by Gasteiger charge is 2.34. The van der Waals surface area contributed by atoms with E-state index in [0.29, 0.717) is 38.0 Å². The number of aryl methyl sites for hydroxylation is 1. The summed E-state index contributed by atoms with van der Waals surface area (Å²) in [6, 6.07) is 7.82. The maximum absolute atomic E-state index is 14.7. The van der Waals surface area contributed by atoms with E-state index in [4.69, 9.17) is 0 Å². The maximum atomic E-state index is 14.7. The third kappa shape index (κ3) is 3.66. The van der Waals surface area contributed by atoms with Gasteiger partial charge in [-0.3, -0.25) is 9.59 Å². The molecule has 0 bridgehead atoms. The monoisotopic (exact) mass is 434 g/mol. The molecule has 166 valence electrons. The first-order valence-corrected chi connectivity index (χ1v) is 11.3. The van der Waals surface area contributed by atoms with E-state index in [-0.39, 0.29) is 11.8 Å². The number of halogens is 1. The second-order valence-electron chi connectivity index (χ2n) is 8.81. The molecule has 4 heterocycles. The van der Waals surface area contributed by atoms with Crippen LogP contribution < -0.4 is 10.2 Å². The van der Waals surface area contributed by atoms with Crippen molar-refractivity contribution in [1.29, 1.82) is 0 Å². The number of aromatic nitrogens is 1. The van der Waals surface area contributed by atoms with Crippen LogP contribution >= 0.6 is 0 Å². The normalized spacial score (nSPS) is 19.6. The second-order valence-corrected chi connectivity index (χ2v) is 8.81. The Morgan fingerprint density at radius 2 is 2.00 bits per heavy atom. The summed E-state index contributed by atoms with van der Waals surface area (Å²) in [7, 11) is 0. The van der Waals surface area contributed by atoms with E-state index in [1.54, 1.807) is 23.2 Å². The molecule has 1 aromatic carbocycles. The minimum atomic E-state index is -1.31. The molecule has 5 rings (SSSR count). The third-order valence-electron chi connectivity index (χ3n) is 6.71. The molecule has 1 saturated heterocycles. The minimum Gasteiger partial charge on any atom is -0.348 e. The molecule has 1 fully saturated rings. The van der Waals surface area contributed by atoms with Gasteiger partial charge in [-0.15, -0.1) is 0 Å². The Morgan fingerprint density at radius 1 is 1.19 bits per heavy atom. The molecule has 7 heteroatoms. The maximum Gasteiger partial charge on any atom is 0.255 e. The number of rotatable bonds is 3. The van der Waals surface area contributed by atoms with Crippen LogP contribution in [0.3, 0.4) is 0 Å². The molecule has 0 spiro atoms. The quantitative estimate of drug-likeness (QED) is 0.744. The van der Waals surface area contributed by atoms with Crippen LogP contribution in [-0.4, -0.2) is 47.0 Å². The van der Waals surface area contributed by atoms with Crippen molar-refractivity contribution in [3.05, 3.63) is 64.9 Å². The highest BCUT2D eigenvalue weighted by atomic mass is 19.1. The van der Waals surface area contributed by atoms with Crippen molar-refractivity contribution in [3.8, 4) is 0 Å². The van der Waals surface area contributed by atoms with Crippen molar-refractivity contribution in [2.75, 3.05) is 24.5 Å². The average molecular weight is 435 g/mol. The van der Waals surface area contributed by atoms with E-state index in [2.05, 4.69) is 15.2 Å². The predicted molar refractivity (Wildman–Crippen MR) is 121 cm³/mol. The Bertz CT molecular complexity index is 1110. The molecule has 2 aromatic rings. The fourth-order valence-electron chi connectivity index (χ4n) is 4.95. The largest absolute Gasteiger partial charge is 0.348 e. The van der Waals surface area contributed by atoms with E-state index in [0.717, 1.165) is 47.6 Å². The van der Waals surface area contributed by atoms with Crippen LogP contribution in [0.4, 0.5) is 15.9 Å². The highest BCUT2D eigenvalue weighted by molar-refractivity contribution is 5.99. The number of carbonyl (C=O) groups is 2. The number of allylic oxidation sites excluding steroid dienone is 2. The number of alkyl halides is 1. The van der Waals surface area contributed by atoms with Gasteiger partial charge in [0, 0.05) is 56.5 Å². The number of benzene rings is 1. The number of hydrogen-bond donors (Lipinski definition) is 1. The molecule has 0 atom stereocenters. The molecular weight excluding hydrogens is 407 g/mol. The Morgan fingerprint density at radius 3 is 2.78 bits per heavy atom. The number of anilines is 2. The third-order valence-corrected chi connectivity index (χ3v) is 6.71. The number of fused-ring (bicyclic) bond motifs is 2. The van der Waals surface area contributed by atoms with Crippen LogP contribution in [0.15, 0.2) is 42.6 Å². The van der Waals surface area contributed by atoms with Gasteiger partial charge < -0.3 is 15.1 Å². The van der Waals surface area contributed by atoms with Gasteiger partial charge in [0.25, 0.3) is 11.8 Å². The van der Waals surface area contributed by atoms with Crippen LogP contribution in [0, 0.1) is 0 Å². The van der Waals surface area contributed by atoms with Crippen molar-refractivity contribution >= 4 is 23.3 Å². The predicted octanol–water partition coefficient (Wildman–Crippen LogP) is 3.93. The van der Waals surface area contributed by atoms with E-state index in [1.165, 1.54) is 0 Å². The van der Waals surface area contributed by atoms with E-state index in [1.807, 2.05) is 31.2 Å². The molecular formula is C25H27FN4O2. The topological polar surface area (TPSA) is 65.5 Å². The van der Waals surface area contributed by atoms with Gasteiger partial charge in [0.2, 0.25) is 0 Å². The summed E-state index contributed by atoms with van der Waals surface area (Å²) in [5.41, 5.74) is 3.03. The summed E-state index contributed by atoms with van der Waals surface area (Å²) in [6.45, 7) is 4.02. The Labute approximate surface area is 187 Å². The first-order valence-electron chi connectivity index (χ1n) is 11.3.